The highest BCUT2D eigenvalue weighted by molar-refractivity contribution is 14.1. The molecule has 0 amide bonds. The molecule has 5 nitrogen and oxygen atoms in total. The predicted molar refractivity (Wildman–Crippen MR) is 85.6 cm³/mol. The zero-order valence-corrected chi connectivity index (χ0v) is 13.8. The number of thiophene rings is 1. The molecule has 0 aliphatic carbocycles. The molecule has 0 saturated carbocycles. The zero-order chi connectivity index (χ0) is 14.8. The number of anilines is 1. The van der Waals surface area contributed by atoms with E-state index in [-0.39, 0.29) is 10.6 Å². The lowest BCUT2D eigenvalue weighted by atomic mass is 10.3. The number of rotatable bonds is 5. The van der Waals surface area contributed by atoms with Gasteiger partial charge >= 0.3 is 5.97 Å². The number of nitrogens with one attached hydrogen (secondary N) is 1. The van der Waals surface area contributed by atoms with Crippen molar-refractivity contribution < 1.29 is 18.3 Å². The molecule has 2 aromatic rings. The summed E-state index contributed by atoms with van der Waals surface area (Å²) in [6.45, 7) is 0. The normalized spacial score (nSPS) is 11.2. The molecule has 2 N–H and O–H groups in total. The molecule has 0 aliphatic heterocycles. The molecule has 106 valence electrons. The molecule has 0 spiro atoms. The van der Waals surface area contributed by atoms with E-state index < -0.39 is 16.0 Å². The smallest absolute Gasteiger partial charge is 0.308 e. The fraction of sp³-hybridized carbons (Fsp3) is 0.0833. The maximum atomic E-state index is 12.2. The summed E-state index contributed by atoms with van der Waals surface area (Å²) in [5.41, 5.74) is 0.477. The average Bonchev–Trinajstić information content (AvgIpc) is 2.76. The molecule has 1 aromatic heterocycles. The largest absolute Gasteiger partial charge is 0.481 e. The van der Waals surface area contributed by atoms with Crippen LogP contribution in [0.4, 0.5) is 5.69 Å². The summed E-state index contributed by atoms with van der Waals surface area (Å²) in [5, 5.41) is 8.69. The van der Waals surface area contributed by atoms with Crippen LogP contribution in [0.5, 0.6) is 0 Å². The van der Waals surface area contributed by atoms with Gasteiger partial charge in [0.2, 0.25) is 0 Å². The summed E-state index contributed by atoms with van der Waals surface area (Å²) in [6.07, 6.45) is -0.177. The summed E-state index contributed by atoms with van der Waals surface area (Å²) >= 11 is 3.05. The summed E-state index contributed by atoms with van der Waals surface area (Å²) in [7, 11) is -3.67. The number of benzene rings is 1. The van der Waals surface area contributed by atoms with Gasteiger partial charge in [-0.2, -0.15) is 0 Å². The molecular weight excluding hydrogens is 413 g/mol. The van der Waals surface area contributed by atoms with E-state index in [1.807, 2.05) is 6.07 Å². The van der Waals surface area contributed by atoms with E-state index >= 15 is 0 Å². The van der Waals surface area contributed by atoms with Crippen LogP contribution in [0, 0.1) is 3.57 Å². The minimum atomic E-state index is -3.67. The summed E-state index contributed by atoms with van der Waals surface area (Å²) in [6, 6.07) is 9.91. The topological polar surface area (TPSA) is 83.5 Å². The summed E-state index contributed by atoms with van der Waals surface area (Å²) in [4.78, 5) is 11.1. The van der Waals surface area contributed by atoms with Crippen LogP contribution < -0.4 is 4.72 Å². The quantitative estimate of drug-likeness (QED) is 0.725. The Labute approximate surface area is 133 Å². The Kier molecular flexibility index (Phi) is 4.66. The lowest BCUT2D eigenvalue weighted by Crippen LogP contribution is -2.11. The van der Waals surface area contributed by atoms with Crippen LogP contribution in [0.25, 0.3) is 0 Å². The van der Waals surface area contributed by atoms with E-state index in [1.165, 1.54) is 12.1 Å². The van der Waals surface area contributed by atoms with Crippen molar-refractivity contribution in [2.24, 2.45) is 0 Å². The maximum Gasteiger partial charge on any atom is 0.308 e. The highest BCUT2D eigenvalue weighted by atomic mass is 127. The van der Waals surface area contributed by atoms with Gasteiger partial charge in [-0.05, 0) is 52.9 Å². The third-order valence-electron chi connectivity index (χ3n) is 2.30. The van der Waals surface area contributed by atoms with Crippen molar-refractivity contribution in [1.82, 2.24) is 0 Å². The van der Waals surface area contributed by atoms with Crippen molar-refractivity contribution >= 4 is 55.6 Å². The number of sulfonamides is 1. The SMILES string of the molecule is O=C(O)Cc1ccc(S(=O)(=O)Nc2cccc(I)c2)s1. The number of halogens is 1. The number of aliphatic carboxylic acids is 1. The fourth-order valence-electron chi connectivity index (χ4n) is 1.50. The van der Waals surface area contributed by atoms with Crippen molar-refractivity contribution in [3.8, 4) is 0 Å². The molecule has 0 atom stereocenters. The van der Waals surface area contributed by atoms with Crippen molar-refractivity contribution in [1.29, 1.82) is 0 Å². The predicted octanol–water partition coefficient (Wildman–Crippen LogP) is 2.78. The van der Waals surface area contributed by atoms with Crippen LogP contribution in [-0.4, -0.2) is 19.5 Å². The highest BCUT2D eigenvalue weighted by Gasteiger charge is 2.17. The molecule has 1 heterocycles. The first-order valence-electron chi connectivity index (χ1n) is 5.46. The van der Waals surface area contributed by atoms with Crippen LogP contribution in [-0.2, 0) is 21.2 Å². The fourth-order valence-corrected chi connectivity index (χ4v) is 4.44. The molecule has 0 aliphatic rings. The van der Waals surface area contributed by atoms with Gasteiger partial charge in [0.1, 0.15) is 4.21 Å². The van der Waals surface area contributed by atoms with Gasteiger partial charge in [0.15, 0.2) is 0 Å². The number of carbonyl (C=O) groups is 1. The van der Waals surface area contributed by atoms with Crippen LogP contribution >= 0.6 is 33.9 Å². The zero-order valence-electron chi connectivity index (χ0n) is 10.0. The standard InChI is InChI=1S/C12H10INO4S2/c13-8-2-1-3-9(6-8)14-20(17,18)12-5-4-10(19-12)7-11(15)16/h1-6,14H,7H2,(H,15,16). The molecule has 0 fully saturated rings. The number of carboxylic acids is 1. The van der Waals surface area contributed by atoms with Gasteiger partial charge in [-0.15, -0.1) is 11.3 Å². The first kappa shape index (κ1) is 15.3. The van der Waals surface area contributed by atoms with Crippen molar-refractivity contribution in [2.45, 2.75) is 10.6 Å². The second-order valence-corrected chi connectivity index (χ2v) is 8.23. The van der Waals surface area contributed by atoms with E-state index in [1.54, 1.807) is 18.2 Å². The van der Waals surface area contributed by atoms with E-state index in [9.17, 15) is 13.2 Å². The van der Waals surface area contributed by atoms with Gasteiger partial charge < -0.3 is 5.11 Å². The summed E-state index contributed by atoms with van der Waals surface area (Å²) < 4.78 is 27.8. The van der Waals surface area contributed by atoms with E-state index in [4.69, 9.17) is 5.11 Å². The third kappa shape index (κ3) is 3.93. The minimum Gasteiger partial charge on any atom is -0.481 e. The highest BCUT2D eigenvalue weighted by Crippen LogP contribution is 2.25. The molecule has 1 aromatic carbocycles. The lowest BCUT2D eigenvalue weighted by Gasteiger charge is -2.06. The molecule has 2 rings (SSSR count). The van der Waals surface area contributed by atoms with Crippen LogP contribution in [0.3, 0.4) is 0 Å². The Balaban J connectivity index is 2.22. The van der Waals surface area contributed by atoms with Crippen LogP contribution in [0.1, 0.15) is 4.88 Å². The first-order chi connectivity index (χ1) is 9.37. The summed E-state index contributed by atoms with van der Waals surface area (Å²) in [5.74, 6) is -0.985. The molecule has 0 radical (unpaired) electrons. The van der Waals surface area contributed by atoms with Gasteiger partial charge in [0.25, 0.3) is 10.0 Å². The van der Waals surface area contributed by atoms with E-state index in [0.29, 0.717) is 10.6 Å². The van der Waals surface area contributed by atoms with Gasteiger partial charge in [-0.1, -0.05) is 6.07 Å². The lowest BCUT2D eigenvalue weighted by molar-refractivity contribution is -0.136. The second-order valence-electron chi connectivity index (χ2n) is 3.91. The number of hydrogen-bond donors (Lipinski definition) is 2. The molecule has 20 heavy (non-hydrogen) atoms. The Bertz CT molecular complexity index is 739. The average molecular weight is 423 g/mol. The van der Waals surface area contributed by atoms with Gasteiger partial charge in [0.05, 0.1) is 6.42 Å². The van der Waals surface area contributed by atoms with Crippen LogP contribution in [0.15, 0.2) is 40.6 Å². The molecule has 0 unspecified atom stereocenters. The monoisotopic (exact) mass is 423 g/mol. The van der Waals surface area contributed by atoms with E-state index in [2.05, 4.69) is 27.3 Å². The van der Waals surface area contributed by atoms with Crippen molar-refractivity contribution in [3.05, 3.63) is 44.8 Å². The van der Waals surface area contributed by atoms with Gasteiger partial charge in [-0.25, -0.2) is 8.42 Å². The second kappa shape index (κ2) is 6.10. The number of hydrogen-bond acceptors (Lipinski definition) is 4. The Morgan fingerprint density at radius 1 is 1.30 bits per heavy atom. The molecular formula is C12H10INO4S2. The Morgan fingerprint density at radius 3 is 2.70 bits per heavy atom. The van der Waals surface area contributed by atoms with E-state index in [0.717, 1.165) is 14.9 Å². The number of carboxylic acid groups (broad SMARTS) is 1. The first-order valence-corrected chi connectivity index (χ1v) is 8.83. The van der Waals surface area contributed by atoms with Gasteiger partial charge in [0, 0.05) is 14.1 Å². The minimum absolute atomic E-state index is 0.104. The van der Waals surface area contributed by atoms with Crippen molar-refractivity contribution in [3.63, 3.8) is 0 Å². The Hall–Kier alpha value is -1.13. The maximum absolute atomic E-state index is 12.2. The van der Waals surface area contributed by atoms with Gasteiger partial charge in [-0.3, -0.25) is 9.52 Å². The molecule has 8 heteroatoms. The third-order valence-corrected chi connectivity index (χ3v) is 5.93. The van der Waals surface area contributed by atoms with Crippen LogP contribution in [0.2, 0.25) is 0 Å². The molecule has 0 saturated heterocycles. The Morgan fingerprint density at radius 2 is 2.05 bits per heavy atom. The van der Waals surface area contributed by atoms with Crippen molar-refractivity contribution in [2.75, 3.05) is 4.72 Å². The molecule has 0 bridgehead atoms.